The van der Waals surface area contributed by atoms with Crippen molar-refractivity contribution in [3.05, 3.63) is 63.6 Å². The second-order valence-electron chi connectivity index (χ2n) is 6.27. The fraction of sp³-hybridized carbons (Fsp3) is 0.300. The summed E-state index contributed by atoms with van der Waals surface area (Å²) >= 11 is 1.27. The van der Waals surface area contributed by atoms with E-state index >= 15 is 0 Å². The largest absolute Gasteiger partial charge is 0.508 e. The van der Waals surface area contributed by atoms with Crippen molar-refractivity contribution in [2.45, 2.75) is 32.2 Å². The van der Waals surface area contributed by atoms with Gasteiger partial charge in [-0.1, -0.05) is 38.0 Å². The molecular weight excluding hydrogens is 350 g/mol. The molecule has 0 fully saturated rings. The Morgan fingerprint density at radius 2 is 2.00 bits per heavy atom. The molecule has 1 unspecified atom stereocenters. The van der Waals surface area contributed by atoms with Crippen molar-refractivity contribution < 1.29 is 19.8 Å². The fourth-order valence-corrected chi connectivity index (χ4v) is 3.91. The number of ketones is 1. The third kappa shape index (κ3) is 3.37. The maximum absolute atomic E-state index is 13.0. The van der Waals surface area contributed by atoms with Crippen LogP contribution in [0.5, 0.6) is 5.75 Å². The van der Waals surface area contributed by atoms with E-state index < -0.39 is 17.7 Å². The van der Waals surface area contributed by atoms with E-state index in [1.807, 2.05) is 0 Å². The van der Waals surface area contributed by atoms with E-state index in [9.17, 15) is 19.8 Å². The monoisotopic (exact) mass is 371 g/mol. The molecule has 1 aromatic heterocycles. The number of hydrogen-bond acceptors (Lipinski definition) is 5. The maximum atomic E-state index is 13.0. The summed E-state index contributed by atoms with van der Waals surface area (Å²) in [5, 5.41) is 22.1. The van der Waals surface area contributed by atoms with Crippen molar-refractivity contribution in [2.75, 3.05) is 6.54 Å². The van der Waals surface area contributed by atoms with Crippen molar-refractivity contribution in [1.29, 1.82) is 0 Å². The van der Waals surface area contributed by atoms with Crippen molar-refractivity contribution in [1.82, 2.24) is 4.90 Å². The number of hydrogen-bond donors (Lipinski definition) is 2. The third-order valence-corrected chi connectivity index (χ3v) is 5.35. The normalized spacial score (nSPS) is 17.2. The first kappa shape index (κ1) is 18.2. The fourth-order valence-electron chi connectivity index (χ4n) is 3.23. The molecule has 0 spiro atoms. The number of benzene rings is 1. The van der Waals surface area contributed by atoms with E-state index in [2.05, 4.69) is 6.92 Å². The number of aromatic hydroxyl groups is 1. The van der Waals surface area contributed by atoms with Crippen molar-refractivity contribution in [2.24, 2.45) is 0 Å². The lowest BCUT2D eigenvalue weighted by Gasteiger charge is -2.26. The van der Waals surface area contributed by atoms with Gasteiger partial charge in [0.1, 0.15) is 5.75 Å². The molecule has 0 saturated carbocycles. The number of phenols is 1. The summed E-state index contributed by atoms with van der Waals surface area (Å²) in [7, 11) is 0. The number of carbonyl (C=O) groups excluding carboxylic acids is 2. The molecule has 6 heteroatoms. The van der Waals surface area contributed by atoms with Crippen LogP contribution in [-0.2, 0) is 4.79 Å². The van der Waals surface area contributed by atoms with Gasteiger partial charge in [-0.3, -0.25) is 9.59 Å². The van der Waals surface area contributed by atoms with Crippen LogP contribution in [0.15, 0.2) is 53.1 Å². The van der Waals surface area contributed by atoms with Crippen LogP contribution < -0.4 is 0 Å². The predicted octanol–water partition coefficient (Wildman–Crippen LogP) is 4.22. The molecule has 0 bridgehead atoms. The van der Waals surface area contributed by atoms with Gasteiger partial charge in [0.25, 0.3) is 5.91 Å². The summed E-state index contributed by atoms with van der Waals surface area (Å²) in [6, 6.07) is 9.23. The molecule has 2 aromatic rings. The zero-order valence-corrected chi connectivity index (χ0v) is 15.3. The zero-order chi connectivity index (χ0) is 18.7. The predicted molar refractivity (Wildman–Crippen MR) is 100 cm³/mol. The molecule has 26 heavy (non-hydrogen) atoms. The van der Waals surface area contributed by atoms with Gasteiger partial charge in [0.05, 0.1) is 16.5 Å². The van der Waals surface area contributed by atoms with Gasteiger partial charge in [0.15, 0.2) is 5.76 Å². The minimum Gasteiger partial charge on any atom is -0.508 e. The van der Waals surface area contributed by atoms with E-state index in [1.54, 1.807) is 29.6 Å². The average molecular weight is 371 g/mol. The summed E-state index contributed by atoms with van der Waals surface area (Å²) in [5.74, 6) is -1.32. The zero-order valence-electron chi connectivity index (χ0n) is 14.5. The second-order valence-corrected chi connectivity index (χ2v) is 7.22. The van der Waals surface area contributed by atoms with Gasteiger partial charge in [0.2, 0.25) is 5.78 Å². The van der Waals surface area contributed by atoms with Gasteiger partial charge in [-0.25, -0.2) is 0 Å². The first-order chi connectivity index (χ1) is 12.5. The van der Waals surface area contributed by atoms with E-state index in [1.165, 1.54) is 28.4 Å². The van der Waals surface area contributed by atoms with Crippen LogP contribution in [0.3, 0.4) is 0 Å². The number of unbranched alkanes of at least 4 members (excludes halogenated alkanes) is 2. The Hall–Kier alpha value is -2.60. The average Bonchev–Trinajstić information content (AvgIpc) is 3.24. The summed E-state index contributed by atoms with van der Waals surface area (Å²) in [4.78, 5) is 27.6. The molecule has 1 atom stereocenters. The van der Waals surface area contributed by atoms with Gasteiger partial charge in [0, 0.05) is 6.54 Å². The van der Waals surface area contributed by atoms with Gasteiger partial charge < -0.3 is 15.1 Å². The number of Topliss-reactive ketones (excluding diaryl/α,β-unsaturated/α-hetero) is 1. The molecular formula is C20H21NO4S. The summed E-state index contributed by atoms with van der Waals surface area (Å²) in [5.41, 5.74) is 0.693. The Labute approximate surface area is 156 Å². The number of thiophene rings is 1. The van der Waals surface area contributed by atoms with Crippen LogP contribution in [0.25, 0.3) is 0 Å². The molecule has 0 saturated heterocycles. The van der Waals surface area contributed by atoms with Crippen LogP contribution in [0.4, 0.5) is 0 Å². The second kappa shape index (κ2) is 7.74. The molecule has 0 radical (unpaired) electrons. The lowest BCUT2D eigenvalue weighted by Crippen LogP contribution is -2.32. The highest BCUT2D eigenvalue weighted by molar-refractivity contribution is 7.12. The quantitative estimate of drug-likeness (QED) is 0.564. The molecule has 136 valence electrons. The van der Waals surface area contributed by atoms with Crippen LogP contribution >= 0.6 is 11.3 Å². The Morgan fingerprint density at radius 1 is 1.19 bits per heavy atom. The van der Waals surface area contributed by atoms with Gasteiger partial charge >= 0.3 is 0 Å². The van der Waals surface area contributed by atoms with E-state index in [4.69, 9.17) is 0 Å². The van der Waals surface area contributed by atoms with E-state index in [0.29, 0.717) is 17.0 Å². The first-order valence-corrected chi connectivity index (χ1v) is 9.53. The van der Waals surface area contributed by atoms with Crippen LogP contribution in [0.1, 0.15) is 47.5 Å². The van der Waals surface area contributed by atoms with Gasteiger partial charge in [-0.2, -0.15) is 0 Å². The lowest BCUT2D eigenvalue weighted by molar-refractivity contribution is -0.129. The Kier molecular flexibility index (Phi) is 5.42. The van der Waals surface area contributed by atoms with E-state index in [-0.39, 0.29) is 17.1 Å². The number of aliphatic hydroxyl groups excluding tert-OH is 1. The summed E-state index contributed by atoms with van der Waals surface area (Å²) < 4.78 is 0. The highest BCUT2D eigenvalue weighted by atomic mass is 32.1. The third-order valence-electron chi connectivity index (χ3n) is 4.48. The smallest absolute Gasteiger partial charge is 0.290 e. The first-order valence-electron chi connectivity index (χ1n) is 8.65. The van der Waals surface area contributed by atoms with Crippen LogP contribution in [0, 0.1) is 0 Å². The maximum Gasteiger partial charge on any atom is 0.290 e. The molecule has 2 heterocycles. The standard InChI is InChI=1S/C20H21NO4S/c1-2-3-4-10-21-17(13-7-5-8-14(22)12-13)16(19(24)20(21)25)18(23)15-9-6-11-26-15/h5-9,11-12,17,22,24H,2-4,10H2,1H3. The Morgan fingerprint density at radius 3 is 2.65 bits per heavy atom. The topological polar surface area (TPSA) is 77.8 Å². The summed E-state index contributed by atoms with van der Waals surface area (Å²) in [6.45, 7) is 2.51. The van der Waals surface area contributed by atoms with Crippen molar-refractivity contribution in [3.63, 3.8) is 0 Å². The minimum atomic E-state index is -0.693. The van der Waals surface area contributed by atoms with Crippen molar-refractivity contribution >= 4 is 23.0 Å². The Bertz CT molecular complexity index is 841. The molecule has 2 N–H and O–H groups in total. The van der Waals surface area contributed by atoms with Gasteiger partial charge in [-0.15, -0.1) is 11.3 Å². The highest BCUT2D eigenvalue weighted by Crippen LogP contribution is 2.40. The molecule has 5 nitrogen and oxygen atoms in total. The number of rotatable bonds is 7. The number of amides is 1. The molecule has 0 aliphatic carbocycles. The van der Waals surface area contributed by atoms with Crippen LogP contribution in [0.2, 0.25) is 0 Å². The lowest BCUT2D eigenvalue weighted by atomic mass is 9.95. The van der Waals surface area contributed by atoms with Crippen molar-refractivity contribution in [3.8, 4) is 5.75 Å². The Balaban J connectivity index is 2.04. The molecule has 3 rings (SSSR count). The molecule has 1 amide bonds. The van der Waals surface area contributed by atoms with Gasteiger partial charge in [-0.05, 0) is 35.6 Å². The number of carbonyl (C=O) groups is 2. The molecule has 1 aromatic carbocycles. The number of phenolic OH excluding ortho intramolecular Hbond substituents is 1. The SMILES string of the molecule is CCCCCN1C(=O)C(O)=C(C(=O)c2cccs2)C1c1cccc(O)c1. The molecule has 1 aliphatic heterocycles. The van der Waals surface area contributed by atoms with E-state index in [0.717, 1.165) is 19.3 Å². The molecule has 1 aliphatic rings. The minimum absolute atomic E-state index is 0.0535. The van der Waals surface area contributed by atoms with Crippen LogP contribution in [-0.4, -0.2) is 33.3 Å². The highest BCUT2D eigenvalue weighted by Gasteiger charge is 2.43. The number of aliphatic hydroxyl groups is 1. The summed E-state index contributed by atoms with van der Waals surface area (Å²) in [6.07, 6.45) is 2.73. The number of nitrogens with zero attached hydrogens (tertiary/aromatic N) is 1.